The fourth-order valence-electron chi connectivity index (χ4n) is 1.58. The summed E-state index contributed by atoms with van der Waals surface area (Å²) in [7, 11) is 1.41. The van der Waals surface area contributed by atoms with Gasteiger partial charge in [-0.25, -0.2) is 0 Å². The maximum absolute atomic E-state index is 12.2. The Hall–Kier alpha value is -1.92. The molecule has 0 saturated carbocycles. The number of amides is 1. The van der Waals surface area contributed by atoms with Gasteiger partial charge < -0.3 is 15.8 Å². The van der Waals surface area contributed by atoms with E-state index in [4.69, 9.17) is 10.5 Å². The van der Waals surface area contributed by atoms with E-state index in [0.29, 0.717) is 11.4 Å². The quantitative estimate of drug-likeness (QED) is 0.830. The molecule has 106 valence electrons. The van der Waals surface area contributed by atoms with Gasteiger partial charge in [0.05, 0.1) is 13.5 Å². The van der Waals surface area contributed by atoms with Crippen LogP contribution in [0.25, 0.3) is 0 Å². The predicted octanol–water partition coefficient (Wildman–Crippen LogP) is 2.35. The highest BCUT2D eigenvalue weighted by Crippen LogP contribution is 2.22. The summed E-state index contributed by atoms with van der Waals surface area (Å²) in [6, 6.07) is 3.28. The molecule has 19 heavy (non-hydrogen) atoms. The van der Waals surface area contributed by atoms with Crippen molar-refractivity contribution >= 4 is 11.6 Å². The summed E-state index contributed by atoms with van der Waals surface area (Å²) < 4.78 is 41.4. The van der Waals surface area contributed by atoms with Gasteiger partial charge in [0.15, 0.2) is 0 Å². The Kier molecular flexibility index (Phi) is 4.63. The highest BCUT2D eigenvalue weighted by molar-refractivity contribution is 5.95. The van der Waals surface area contributed by atoms with Crippen LogP contribution in [0.5, 0.6) is 5.75 Å². The van der Waals surface area contributed by atoms with E-state index in [9.17, 15) is 18.0 Å². The average molecular weight is 276 g/mol. The van der Waals surface area contributed by atoms with Crippen molar-refractivity contribution in [2.75, 3.05) is 12.8 Å². The molecule has 0 bridgehead atoms. The zero-order chi connectivity index (χ0) is 14.6. The van der Waals surface area contributed by atoms with Crippen molar-refractivity contribution in [3.63, 3.8) is 0 Å². The van der Waals surface area contributed by atoms with Gasteiger partial charge in [-0.15, -0.1) is 0 Å². The molecule has 3 N–H and O–H groups in total. The Balaban J connectivity index is 2.75. The number of nitrogen functional groups attached to an aromatic ring is 1. The van der Waals surface area contributed by atoms with Crippen molar-refractivity contribution in [3.8, 4) is 5.75 Å². The number of ether oxygens (including phenoxy) is 1. The van der Waals surface area contributed by atoms with E-state index < -0.39 is 24.5 Å². The monoisotopic (exact) mass is 276 g/mol. The minimum atomic E-state index is -4.32. The highest BCUT2D eigenvalue weighted by atomic mass is 19.4. The van der Waals surface area contributed by atoms with Crippen molar-refractivity contribution in [1.29, 1.82) is 0 Å². The summed E-state index contributed by atoms with van der Waals surface area (Å²) >= 11 is 0. The summed E-state index contributed by atoms with van der Waals surface area (Å²) in [5.74, 6) is -0.254. The van der Waals surface area contributed by atoms with E-state index in [0.717, 1.165) is 0 Å². The Labute approximate surface area is 108 Å². The smallest absolute Gasteiger partial charge is 0.391 e. The third-order valence-electron chi connectivity index (χ3n) is 2.34. The normalized spacial score (nSPS) is 12.9. The molecule has 1 rings (SSSR count). The summed E-state index contributed by atoms with van der Waals surface area (Å²) in [6.07, 6.45) is -5.40. The van der Waals surface area contributed by atoms with Gasteiger partial charge >= 0.3 is 6.18 Å². The fourth-order valence-corrected chi connectivity index (χ4v) is 1.58. The summed E-state index contributed by atoms with van der Waals surface area (Å²) in [5.41, 5.74) is 6.02. The number of carbonyl (C=O) groups is 1. The first-order valence-corrected chi connectivity index (χ1v) is 5.53. The predicted molar refractivity (Wildman–Crippen MR) is 65.0 cm³/mol. The summed E-state index contributed by atoms with van der Waals surface area (Å²) in [5, 5.41) is 2.26. The second kappa shape index (κ2) is 5.81. The lowest BCUT2D eigenvalue weighted by atomic mass is 10.1. The van der Waals surface area contributed by atoms with Gasteiger partial charge in [0, 0.05) is 23.4 Å². The molecule has 0 heterocycles. The van der Waals surface area contributed by atoms with E-state index in [1.807, 2.05) is 0 Å². The number of carbonyl (C=O) groups excluding carboxylic acids is 1. The van der Waals surface area contributed by atoms with Crippen LogP contribution in [-0.4, -0.2) is 25.2 Å². The van der Waals surface area contributed by atoms with Gasteiger partial charge in [-0.05, 0) is 19.1 Å². The number of hydrogen-bond donors (Lipinski definition) is 2. The Morgan fingerprint density at radius 3 is 2.58 bits per heavy atom. The largest absolute Gasteiger partial charge is 0.497 e. The zero-order valence-corrected chi connectivity index (χ0v) is 10.5. The van der Waals surface area contributed by atoms with Crippen molar-refractivity contribution < 1.29 is 22.7 Å². The molecule has 0 aliphatic heterocycles. The Morgan fingerprint density at radius 2 is 2.05 bits per heavy atom. The molecule has 0 aromatic heterocycles. The minimum Gasteiger partial charge on any atom is -0.497 e. The molecule has 0 spiro atoms. The SMILES string of the molecule is COc1cc(N)cc(C(=O)NC(C)CC(F)(F)F)c1. The second-order valence-corrected chi connectivity index (χ2v) is 4.19. The molecule has 4 nitrogen and oxygen atoms in total. The Morgan fingerprint density at radius 1 is 1.42 bits per heavy atom. The number of nitrogens with two attached hydrogens (primary N) is 1. The summed E-state index contributed by atoms with van der Waals surface area (Å²) in [4.78, 5) is 11.8. The van der Waals surface area contributed by atoms with Crippen molar-refractivity contribution in [3.05, 3.63) is 23.8 Å². The van der Waals surface area contributed by atoms with Crippen molar-refractivity contribution in [2.45, 2.75) is 25.6 Å². The van der Waals surface area contributed by atoms with E-state index in [-0.39, 0.29) is 5.56 Å². The number of alkyl halides is 3. The number of halogens is 3. The zero-order valence-electron chi connectivity index (χ0n) is 10.5. The lowest BCUT2D eigenvalue weighted by molar-refractivity contribution is -0.138. The number of methoxy groups -OCH3 is 1. The lowest BCUT2D eigenvalue weighted by Gasteiger charge is -2.16. The van der Waals surface area contributed by atoms with Crippen LogP contribution in [0.15, 0.2) is 18.2 Å². The number of benzene rings is 1. The topological polar surface area (TPSA) is 64.3 Å². The van der Waals surface area contributed by atoms with Crippen LogP contribution in [0.4, 0.5) is 18.9 Å². The molecule has 0 saturated heterocycles. The maximum atomic E-state index is 12.2. The van der Waals surface area contributed by atoms with Gasteiger partial charge in [-0.1, -0.05) is 0 Å². The van der Waals surface area contributed by atoms with Crippen LogP contribution in [0.3, 0.4) is 0 Å². The molecule has 0 aliphatic carbocycles. The number of anilines is 1. The van der Waals surface area contributed by atoms with Crippen LogP contribution in [-0.2, 0) is 0 Å². The van der Waals surface area contributed by atoms with E-state index in [1.165, 1.54) is 32.2 Å². The first-order chi connectivity index (χ1) is 8.71. The van der Waals surface area contributed by atoms with Crippen molar-refractivity contribution in [2.24, 2.45) is 0 Å². The molecule has 7 heteroatoms. The van der Waals surface area contributed by atoms with E-state index in [2.05, 4.69) is 5.32 Å². The third-order valence-corrected chi connectivity index (χ3v) is 2.34. The van der Waals surface area contributed by atoms with Gasteiger partial charge in [0.25, 0.3) is 5.91 Å². The van der Waals surface area contributed by atoms with E-state index in [1.54, 1.807) is 0 Å². The first kappa shape index (κ1) is 15.1. The number of nitrogens with one attached hydrogen (secondary N) is 1. The molecule has 1 atom stereocenters. The molecule has 1 amide bonds. The molecular formula is C12H15F3N2O2. The van der Waals surface area contributed by atoms with Crippen LogP contribution < -0.4 is 15.8 Å². The van der Waals surface area contributed by atoms with Gasteiger partial charge in [-0.3, -0.25) is 4.79 Å². The van der Waals surface area contributed by atoms with Gasteiger partial charge in [0.1, 0.15) is 5.75 Å². The first-order valence-electron chi connectivity index (χ1n) is 5.53. The van der Waals surface area contributed by atoms with Gasteiger partial charge in [-0.2, -0.15) is 13.2 Å². The number of hydrogen-bond acceptors (Lipinski definition) is 3. The van der Waals surface area contributed by atoms with Crippen LogP contribution in [0, 0.1) is 0 Å². The third kappa shape index (κ3) is 5.07. The van der Waals surface area contributed by atoms with Crippen LogP contribution >= 0.6 is 0 Å². The van der Waals surface area contributed by atoms with Crippen LogP contribution in [0.1, 0.15) is 23.7 Å². The fraction of sp³-hybridized carbons (Fsp3) is 0.417. The molecule has 0 radical (unpaired) electrons. The maximum Gasteiger partial charge on any atom is 0.391 e. The standard InChI is InChI=1S/C12H15F3N2O2/c1-7(6-12(13,14)15)17-11(18)8-3-9(16)5-10(4-8)19-2/h3-5,7H,6,16H2,1-2H3,(H,17,18). The molecule has 1 aromatic carbocycles. The molecule has 0 aliphatic rings. The summed E-state index contributed by atoms with van der Waals surface area (Å²) in [6.45, 7) is 1.29. The average Bonchev–Trinajstić information content (AvgIpc) is 2.25. The molecular weight excluding hydrogens is 261 g/mol. The molecule has 1 aromatic rings. The highest BCUT2D eigenvalue weighted by Gasteiger charge is 2.30. The van der Waals surface area contributed by atoms with Crippen LogP contribution in [0.2, 0.25) is 0 Å². The van der Waals surface area contributed by atoms with Crippen molar-refractivity contribution in [1.82, 2.24) is 5.32 Å². The van der Waals surface area contributed by atoms with E-state index >= 15 is 0 Å². The number of rotatable bonds is 4. The molecule has 0 fully saturated rings. The second-order valence-electron chi connectivity index (χ2n) is 4.19. The minimum absolute atomic E-state index is 0.158. The van der Waals surface area contributed by atoms with Gasteiger partial charge in [0.2, 0.25) is 0 Å². The lowest BCUT2D eigenvalue weighted by Crippen LogP contribution is -2.35. The Bertz CT molecular complexity index is 461. The molecule has 1 unspecified atom stereocenters.